The summed E-state index contributed by atoms with van der Waals surface area (Å²) in [5.41, 5.74) is 0.541. The third-order valence-corrected chi connectivity index (χ3v) is 5.68. The van der Waals surface area contributed by atoms with Crippen LogP contribution in [0, 0.1) is 20.2 Å². The average Bonchev–Trinajstić information content (AvgIpc) is 2.92. The van der Waals surface area contributed by atoms with Crippen LogP contribution in [0.5, 0.6) is 0 Å². The maximum Gasteiger partial charge on any atom is 0.414 e. The Kier molecular flexibility index (Phi) is 10.2. The molecule has 0 bridgehead atoms. The molecule has 1 atom stereocenters. The fourth-order valence-corrected chi connectivity index (χ4v) is 3.39. The molecule has 4 amide bonds. The van der Waals surface area contributed by atoms with Crippen LogP contribution in [0.1, 0.15) is 18.1 Å². The van der Waals surface area contributed by atoms with Gasteiger partial charge in [-0.3, -0.25) is 35.7 Å². The summed E-state index contributed by atoms with van der Waals surface area (Å²) in [6.07, 6.45) is -3.31. The van der Waals surface area contributed by atoms with Crippen molar-refractivity contribution in [3.63, 3.8) is 0 Å². The molecule has 1 heterocycles. The number of benzene rings is 2. The first kappa shape index (κ1) is 30.7. The van der Waals surface area contributed by atoms with Gasteiger partial charge in [0.1, 0.15) is 19.3 Å². The minimum absolute atomic E-state index is 0.0881. The van der Waals surface area contributed by atoms with Crippen molar-refractivity contribution in [1.29, 1.82) is 0 Å². The Morgan fingerprint density at radius 2 is 1.33 bits per heavy atom. The van der Waals surface area contributed by atoms with E-state index in [1.165, 1.54) is 55.5 Å². The zero-order chi connectivity index (χ0) is 30.8. The molecule has 18 nitrogen and oxygen atoms in total. The number of nitrogens with zero attached hydrogens (tertiary/aromatic N) is 4. The minimum atomic E-state index is -1.16. The molecule has 1 aliphatic rings. The van der Waals surface area contributed by atoms with Crippen LogP contribution < -0.4 is 16.0 Å². The van der Waals surface area contributed by atoms with Gasteiger partial charge in [-0.15, -0.1) is 0 Å². The first-order chi connectivity index (χ1) is 19.9. The summed E-state index contributed by atoms with van der Waals surface area (Å²) < 4.78 is 10.1. The Balaban J connectivity index is 1.61. The van der Waals surface area contributed by atoms with Gasteiger partial charge in [0.15, 0.2) is 0 Å². The molecule has 42 heavy (non-hydrogen) atoms. The summed E-state index contributed by atoms with van der Waals surface area (Å²) in [7, 11) is 0. The third kappa shape index (κ3) is 9.14. The molecule has 0 aromatic heterocycles. The quantitative estimate of drug-likeness (QED) is 0.143. The lowest BCUT2D eigenvalue weighted by atomic mass is 10.1. The molecule has 0 radical (unpaired) electrons. The Morgan fingerprint density at radius 3 is 1.71 bits per heavy atom. The van der Waals surface area contributed by atoms with Crippen molar-refractivity contribution in [2.24, 2.45) is 4.99 Å². The summed E-state index contributed by atoms with van der Waals surface area (Å²) in [6.45, 7) is 0.950. The fourth-order valence-electron chi connectivity index (χ4n) is 3.39. The molecule has 1 saturated heterocycles. The highest BCUT2D eigenvalue weighted by Crippen LogP contribution is 2.14. The molecule has 2 aromatic rings. The predicted octanol–water partition coefficient (Wildman–Crippen LogP) is 1.88. The molecule has 18 heteroatoms. The number of guanidine groups is 1. The molecule has 1 aliphatic heterocycles. The number of aliphatic imine (C=N–C) groups is 1. The van der Waals surface area contributed by atoms with Crippen molar-refractivity contribution in [2.45, 2.75) is 32.2 Å². The SMILES string of the molecule is C[C@@H](N=C(NC(=O)OCc1ccc([N+](=O)[O-])cc1)NC(=O)OCc1ccc([N+](=O)[O-])cc1)C(=O)NC1CN(C(=O)O)C1. The van der Waals surface area contributed by atoms with Crippen molar-refractivity contribution in [3.05, 3.63) is 79.9 Å². The Bertz CT molecular complexity index is 1300. The molecule has 0 aliphatic carbocycles. The van der Waals surface area contributed by atoms with Crippen molar-refractivity contribution in [3.8, 4) is 0 Å². The van der Waals surface area contributed by atoms with Crippen LogP contribution in [0.25, 0.3) is 0 Å². The predicted molar refractivity (Wildman–Crippen MR) is 141 cm³/mol. The number of amides is 4. The van der Waals surface area contributed by atoms with E-state index in [0.717, 1.165) is 4.90 Å². The van der Waals surface area contributed by atoms with Gasteiger partial charge in [-0.05, 0) is 42.3 Å². The lowest BCUT2D eigenvalue weighted by Crippen LogP contribution is -2.61. The van der Waals surface area contributed by atoms with Gasteiger partial charge in [-0.1, -0.05) is 0 Å². The highest BCUT2D eigenvalue weighted by Gasteiger charge is 2.32. The number of non-ortho nitro benzene ring substituents is 2. The van der Waals surface area contributed by atoms with E-state index in [1.54, 1.807) is 0 Å². The van der Waals surface area contributed by atoms with Gasteiger partial charge in [0.05, 0.1) is 15.9 Å². The van der Waals surface area contributed by atoms with E-state index in [4.69, 9.17) is 14.6 Å². The number of likely N-dealkylation sites (tertiary alicyclic amines) is 1. The lowest BCUT2D eigenvalue weighted by molar-refractivity contribution is -0.385. The number of ether oxygens (including phenoxy) is 2. The van der Waals surface area contributed by atoms with E-state index >= 15 is 0 Å². The number of carboxylic acid groups (broad SMARTS) is 1. The zero-order valence-corrected chi connectivity index (χ0v) is 21.9. The largest absolute Gasteiger partial charge is 0.465 e. The second-order valence-corrected chi connectivity index (χ2v) is 8.80. The maximum absolute atomic E-state index is 12.5. The molecular weight excluding hydrogens is 562 g/mol. The molecule has 0 spiro atoms. The normalized spacial score (nSPS) is 13.0. The van der Waals surface area contributed by atoms with Crippen LogP contribution in [0.4, 0.5) is 25.8 Å². The Morgan fingerprint density at radius 1 is 0.905 bits per heavy atom. The van der Waals surface area contributed by atoms with E-state index in [1.807, 2.05) is 0 Å². The number of carbonyl (C=O) groups is 4. The van der Waals surface area contributed by atoms with Gasteiger partial charge in [0.2, 0.25) is 11.9 Å². The number of nitro groups is 2. The van der Waals surface area contributed by atoms with Crippen molar-refractivity contribution < 1.29 is 43.6 Å². The second kappa shape index (κ2) is 14.0. The number of nitrogens with one attached hydrogen (secondary N) is 3. The number of hydrogen-bond acceptors (Lipinski definition) is 11. The average molecular weight is 588 g/mol. The zero-order valence-electron chi connectivity index (χ0n) is 21.9. The number of hydrogen-bond donors (Lipinski definition) is 4. The van der Waals surface area contributed by atoms with Gasteiger partial charge in [0, 0.05) is 37.4 Å². The topological polar surface area (TPSA) is 245 Å². The minimum Gasteiger partial charge on any atom is -0.465 e. The molecule has 222 valence electrons. The molecular formula is C24H25N7O11. The molecule has 1 fully saturated rings. The standard InChI is InChI=1S/C24H25N7O11/c1-14(20(32)26-17-10-29(11-17)24(35)36)25-21(27-22(33)41-12-15-2-6-18(7-3-15)30(37)38)28-23(34)42-13-16-4-8-19(9-5-16)31(39)40/h2-9,14,17H,10-13H2,1H3,(H,26,32)(H,35,36)(H2,25,27,28,33,34)/t14-/m1/s1. The number of carbonyl (C=O) groups excluding carboxylic acids is 3. The fraction of sp³-hybridized carbons (Fsp3) is 0.292. The van der Waals surface area contributed by atoms with Crippen molar-refractivity contribution >= 4 is 41.5 Å². The first-order valence-corrected chi connectivity index (χ1v) is 12.1. The van der Waals surface area contributed by atoms with Gasteiger partial charge in [-0.2, -0.15) is 0 Å². The monoisotopic (exact) mass is 587 g/mol. The summed E-state index contributed by atoms with van der Waals surface area (Å²) >= 11 is 0. The van der Waals surface area contributed by atoms with Crippen LogP contribution >= 0.6 is 0 Å². The molecule has 0 saturated carbocycles. The van der Waals surface area contributed by atoms with Crippen LogP contribution in [0.15, 0.2) is 53.5 Å². The molecule has 3 rings (SSSR count). The van der Waals surface area contributed by atoms with Crippen LogP contribution in [0.2, 0.25) is 0 Å². The smallest absolute Gasteiger partial charge is 0.414 e. The van der Waals surface area contributed by atoms with Crippen molar-refractivity contribution in [2.75, 3.05) is 13.1 Å². The molecule has 4 N–H and O–H groups in total. The van der Waals surface area contributed by atoms with E-state index < -0.39 is 52.1 Å². The number of alkyl carbamates (subject to hydrolysis) is 2. The highest BCUT2D eigenvalue weighted by atomic mass is 16.6. The van der Waals surface area contributed by atoms with Gasteiger partial charge in [0.25, 0.3) is 11.4 Å². The summed E-state index contributed by atoms with van der Waals surface area (Å²) in [5, 5.41) is 37.4. The lowest BCUT2D eigenvalue weighted by Gasteiger charge is -2.37. The summed E-state index contributed by atoms with van der Waals surface area (Å²) in [6, 6.07) is 8.83. The summed E-state index contributed by atoms with van der Waals surface area (Å²) in [4.78, 5) is 73.7. The third-order valence-electron chi connectivity index (χ3n) is 5.68. The molecule has 2 aromatic carbocycles. The van der Waals surface area contributed by atoms with Gasteiger partial charge >= 0.3 is 18.3 Å². The van der Waals surface area contributed by atoms with Gasteiger partial charge in [-0.25, -0.2) is 19.4 Å². The van der Waals surface area contributed by atoms with Crippen LogP contribution in [0.3, 0.4) is 0 Å². The Hall–Kier alpha value is -5.81. The number of rotatable bonds is 9. The van der Waals surface area contributed by atoms with Crippen molar-refractivity contribution in [1.82, 2.24) is 20.9 Å². The van der Waals surface area contributed by atoms with E-state index in [9.17, 15) is 39.4 Å². The van der Waals surface area contributed by atoms with Gasteiger partial charge < -0.3 is 24.8 Å². The van der Waals surface area contributed by atoms with E-state index in [-0.39, 0.29) is 37.7 Å². The number of nitro benzene ring substituents is 2. The molecule has 0 unspecified atom stereocenters. The van der Waals surface area contributed by atoms with E-state index in [2.05, 4.69) is 20.9 Å². The first-order valence-electron chi connectivity index (χ1n) is 12.1. The highest BCUT2D eigenvalue weighted by molar-refractivity contribution is 6.02. The van der Waals surface area contributed by atoms with Crippen LogP contribution in [-0.2, 0) is 27.5 Å². The summed E-state index contributed by atoms with van der Waals surface area (Å²) in [5.74, 6) is -1.13. The van der Waals surface area contributed by atoms with Crippen LogP contribution in [-0.4, -0.2) is 75.2 Å². The Labute approximate surface area is 236 Å². The second-order valence-electron chi connectivity index (χ2n) is 8.80. The van der Waals surface area contributed by atoms with E-state index in [0.29, 0.717) is 11.1 Å². The maximum atomic E-state index is 12.5.